The average Bonchev–Trinajstić information content (AvgIpc) is 0.917. The van der Waals surface area contributed by atoms with E-state index in [1.165, 1.54) is 12.0 Å². The lowest BCUT2D eigenvalue weighted by Gasteiger charge is -2.28. The largest absolute Gasteiger partial charge is 0.497 e. The fourth-order valence-electron chi connectivity index (χ4n) is 12.9. The number of ether oxygens (including phenoxy) is 5. The minimum atomic E-state index is -0.335. The highest BCUT2D eigenvalue weighted by Crippen LogP contribution is 2.40. The van der Waals surface area contributed by atoms with Gasteiger partial charge in [0.05, 0.1) is 134 Å². The van der Waals surface area contributed by atoms with Crippen LogP contribution in [0.25, 0.3) is 66.9 Å². The number of halogens is 2. The summed E-state index contributed by atoms with van der Waals surface area (Å²) in [4.78, 5) is 74.7. The number of methoxy groups -OCH3 is 5. The first-order chi connectivity index (χ1) is 54.4. The molecule has 7 heterocycles. The Balaban J connectivity index is 0.000000140. The van der Waals surface area contributed by atoms with Crippen LogP contribution in [-0.4, -0.2) is 138 Å². The third-order valence-corrected chi connectivity index (χ3v) is 19.3. The number of rotatable bonds is 22. The van der Waals surface area contributed by atoms with Crippen molar-refractivity contribution in [2.24, 2.45) is 21.1 Å². The first-order valence-electron chi connectivity index (χ1n) is 35.3. The standard InChI is InChI=1S/C31H27N7O4.2C27H24ClN5O2/c1-32-29(39)19-12-22(14-23(13-19)42-3)37(10-11-38-30(40)24-6-4-5-7-25(24)31(38)41)21-8-9-26-27(15-21)35-28(17-33-26)20-16-34-36(2)18-20;1-32-17-19(14-30-32)27-15-29-25-8-7-21(12-26(25)31-27)33(16-18-5-4-6-20(28)9-18)22-10-23(34-2)13-24(11-22)35-3;1-32-16-19(14-30-32)27-15-29-25-9-8-20(12-26(25)31-27)33(17-18-6-4-5-7-24(18)28)21-10-22(34-2)13-23(11-21)35-3/h4-9,12-18H,10-11H2,1-3H3,(H,32,39);4-15,17H,16H2,1-3H3;4-16H,17H2,1-3H3. The number of aromatic nitrogens is 12. The maximum Gasteiger partial charge on any atom is 0.261 e. The van der Waals surface area contributed by atoms with Crippen LogP contribution in [0.2, 0.25) is 10.0 Å². The lowest BCUT2D eigenvalue weighted by atomic mass is 10.1. The highest BCUT2D eigenvalue weighted by Gasteiger charge is 2.35. The number of aryl methyl sites for hydroxylation is 3. The van der Waals surface area contributed by atoms with Crippen LogP contribution in [-0.2, 0) is 34.2 Å². The van der Waals surface area contributed by atoms with E-state index in [1.54, 1.807) is 129 Å². The van der Waals surface area contributed by atoms with Crippen LogP contribution in [0.1, 0.15) is 42.2 Å². The topological polar surface area (TPSA) is 253 Å². The Labute approximate surface area is 654 Å². The smallest absolute Gasteiger partial charge is 0.261 e. The van der Waals surface area contributed by atoms with E-state index >= 15 is 0 Å². The Bertz CT molecular complexity index is 5930. The molecule has 0 bridgehead atoms. The molecule has 16 rings (SSSR count). The molecule has 1 aliphatic heterocycles. The van der Waals surface area contributed by atoms with E-state index < -0.39 is 0 Å². The van der Waals surface area contributed by atoms with Gasteiger partial charge in [-0.15, -0.1) is 0 Å². The van der Waals surface area contributed by atoms with Gasteiger partial charge in [-0.2, -0.15) is 15.3 Å². The first-order valence-corrected chi connectivity index (χ1v) is 36.1. The molecule has 25 nitrogen and oxygen atoms in total. The number of hydrogen-bond acceptors (Lipinski definition) is 20. The van der Waals surface area contributed by atoms with Gasteiger partial charge in [0.15, 0.2) is 0 Å². The number of imide groups is 1. The molecule has 0 unspecified atom stereocenters. The van der Waals surface area contributed by atoms with E-state index in [0.29, 0.717) is 91.0 Å². The molecule has 27 heteroatoms. The van der Waals surface area contributed by atoms with Crippen molar-refractivity contribution in [2.75, 3.05) is 70.4 Å². The van der Waals surface area contributed by atoms with E-state index in [-0.39, 0.29) is 30.8 Å². The van der Waals surface area contributed by atoms with Crippen LogP contribution >= 0.6 is 23.2 Å². The zero-order valence-electron chi connectivity index (χ0n) is 62.5. The van der Waals surface area contributed by atoms with Gasteiger partial charge in [0.1, 0.15) is 28.7 Å². The van der Waals surface area contributed by atoms with Crippen molar-refractivity contribution in [2.45, 2.75) is 13.1 Å². The second-order valence-electron chi connectivity index (χ2n) is 26.0. The SMILES string of the molecule is CNC(=O)c1cc(OC)cc(N(CCN2C(=O)c3ccccc3C2=O)c2ccc3ncc(-c4cnn(C)c4)nc3c2)c1.COc1cc(OC)cc(N(Cc2cccc(Cl)c2)c2ccc3ncc(-c4cnn(C)c4)nc3c2)c1.COc1cc(OC)cc(N(Cc2ccccc2Cl)c2ccc3ncc(-c4cnn(C)c4)nc3c2)c1. The zero-order chi connectivity index (χ0) is 78.1. The van der Waals surface area contributed by atoms with Gasteiger partial charge in [-0.3, -0.25) is 48.3 Å². The molecule has 0 radical (unpaired) electrons. The van der Waals surface area contributed by atoms with Crippen molar-refractivity contribution in [3.63, 3.8) is 0 Å². The first kappa shape index (κ1) is 75.0. The second kappa shape index (κ2) is 33.4. The number of fused-ring (bicyclic) bond motifs is 4. The molecule has 0 atom stereocenters. The molecule has 0 aliphatic carbocycles. The van der Waals surface area contributed by atoms with Gasteiger partial charge in [0.2, 0.25) is 0 Å². The molecule has 0 saturated heterocycles. The van der Waals surface area contributed by atoms with Crippen LogP contribution in [0.15, 0.2) is 238 Å². The Morgan fingerprint density at radius 2 is 0.830 bits per heavy atom. The monoisotopic (exact) mass is 1530 g/mol. The molecule has 15 aromatic rings. The summed E-state index contributed by atoms with van der Waals surface area (Å²) in [7, 11) is 15.3. The van der Waals surface area contributed by atoms with Crippen LogP contribution < -0.4 is 43.7 Å². The minimum absolute atomic E-state index is 0.109. The van der Waals surface area contributed by atoms with Gasteiger partial charge in [0.25, 0.3) is 17.7 Å². The van der Waals surface area contributed by atoms with Crippen molar-refractivity contribution >= 4 is 108 Å². The third-order valence-electron chi connectivity index (χ3n) is 18.7. The van der Waals surface area contributed by atoms with Crippen molar-refractivity contribution in [1.29, 1.82) is 0 Å². The Morgan fingerprint density at radius 1 is 0.420 bits per heavy atom. The third kappa shape index (κ3) is 16.7. The van der Waals surface area contributed by atoms with Gasteiger partial charge < -0.3 is 43.7 Å². The van der Waals surface area contributed by atoms with Crippen molar-refractivity contribution in [3.8, 4) is 62.5 Å². The van der Waals surface area contributed by atoms with Gasteiger partial charge in [-0.25, -0.2) is 15.0 Å². The van der Waals surface area contributed by atoms with Gasteiger partial charge in [-0.05, 0) is 108 Å². The average molecular weight is 1530 g/mol. The molecule has 0 saturated carbocycles. The van der Waals surface area contributed by atoms with Gasteiger partial charge in [0, 0.05) is 182 Å². The van der Waals surface area contributed by atoms with E-state index in [1.807, 2.05) is 178 Å². The lowest BCUT2D eigenvalue weighted by Crippen LogP contribution is -2.37. The summed E-state index contributed by atoms with van der Waals surface area (Å²) in [6, 6.07) is 57.0. The Hall–Kier alpha value is -13.8. The molecule has 9 aromatic carbocycles. The molecule has 6 aromatic heterocycles. The minimum Gasteiger partial charge on any atom is -0.497 e. The highest BCUT2D eigenvalue weighted by molar-refractivity contribution is 6.31. The Morgan fingerprint density at radius 3 is 1.24 bits per heavy atom. The number of nitrogens with zero attached hydrogens (tertiary/aromatic N) is 16. The highest BCUT2D eigenvalue weighted by atomic mass is 35.5. The number of anilines is 6. The van der Waals surface area contributed by atoms with E-state index in [4.69, 9.17) is 61.8 Å². The molecule has 562 valence electrons. The molecule has 112 heavy (non-hydrogen) atoms. The molecule has 1 aliphatic rings. The summed E-state index contributed by atoms with van der Waals surface area (Å²) >= 11 is 12.8. The fraction of sp³-hybridized carbons (Fsp3) is 0.153. The summed E-state index contributed by atoms with van der Waals surface area (Å²) in [5.41, 5.74) is 17.7. The maximum atomic E-state index is 13.1. The van der Waals surface area contributed by atoms with Crippen molar-refractivity contribution < 1.29 is 38.1 Å². The molecular weight excluding hydrogens is 1460 g/mol. The summed E-state index contributed by atoms with van der Waals surface area (Å²) in [6.45, 7) is 1.47. The molecule has 0 fully saturated rings. The number of carbonyl (C=O) groups excluding carboxylic acids is 3. The summed E-state index contributed by atoms with van der Waals surface area (Å²) in [6.07, 6.45) is 16.3. The molecular formula is C85H75Cl2N17O8. The Kier molecular flexibility index (Phi) is 22.4. The normalized spacial score (nSPS) is 11.5. The van der Waals surface area contributed by atoms with Crippen molar-refractivity contribution in [3.05, 3.63) is 276 Å². The number of benzene rings is 9. The predicted molar refractivity (Wildman–Crippen MR) is 434 cm³/mol. The lowest BCUT2D eigenvalue weighted by molar-refractivity contribution is 0.0658. The van der Waals surface area contributed by atoms with E-state index in [2.05, 4.69) is 51.4 Å². The van der Waals surface area contributed by atoms with E-state index in [0.717, 1.165) is 89.7 Å². The fourth-order valence-corrected chi connectivity index (χ4v) is 13.3. The quantitative estimate of drug-likeness (QED) is 0.0619. The van der Waals surface area contributed by atoms with Crippen molar-refractivity contribution in [1.82, 2.24) is 69.5 Å². The van der Waals surface area contributed by atoms with Crippen LogP contribution in [0.3, 0.4) is 0 Å². The number of hydrogen-bond donors (Lipinski definition) is 1. The van der Waals surface area contributed by atoms with Crippen LogP contribution in [0, 0.1) is 0 Å². The number of amides is 3. The van der Waals surface area contributed by atoms with Gasteiger partial charge in [-0.1, -0.05) is 65.7 Å². The van der Waals surface area contributed by atoms with Crippen LogP contribution in [0.5, 0.6) is 28.7 Å². The maximum absolute atomic E-state index is 13.1. The zero-order valence-corrected chi connectivity index (χ0v) is 64.0. The molecule has 1 N–H and O–H groups in total. The van der Waals surface area contributed by atoms with Crippen LogP contribution in [0.4, 0.5) is 34.1 Å². The van der Waals surface area contributed by atoms with E-state index in [9.17, 15) is 14.4 Å². The predicted octanol–water partition coefficient (Wildman–Crippen LogP) is 15.9. The molecule has 0 spiro atoms. The second-order valence-corrected chi connectivity index (χ2v) is 26.8. The van der Waals surface area contributed by atoms with Gasteiger partial charge >= 0.3 is 0 Å². The number of nitrogens with one attached hydrogen (secondary N) is 1. The summed E-state index contributed by atoms with van der Waals surface area (Å²) in [5, 5.41) is 16.8. The summed E-state index contributed by atoms with van der Waals surface area (Å²) in [5.74, 6) is 2.34. The summed E-state index contributed by atoms with van der Waals surface area (Å²) < 4.78 is 32.8. The molecule has 3 amide bonds. The number of carbonyl (C=O) groups is 3.